The fourth-order valence-electron chi connectivity index (χ4n) is 1.47. The summed E-state index contributed by atoms with van der Waals surface area (Å²) in [5.41, 5.74) is 2.40. The molecule has 0 amide bonds. The Morgan fingerprint density at radius 1 is 1.24 bits per heavy atom. The lowest BCUT2D eigenvalue weighted by molar-refractivity contribution is 1.20. The average Bonchev–Trinajstić information content (AvgIpc) is 2.62. The van der Waals surface area contributed by atoms with Crippen molar-refractivity contribution < 1.29 is 0 Å². The van der Waals surface area contributed by atoms with E-state index in [0.29, 0.717) is 0 Å². The smallest absolute Gasteiger partial charge is 0.0749 e. The van der Waals surface area contributed by atoms with Crippen LogP contribution in [0, 0.1) is 6.92 Å². The highest BCUT2D eigenvalue weighted by Crippen LogP contribution is 2.42. The van der Waals surface area contributed by atoms with Crippen molar-refractivity contribution in [1.29, 1.82) is 0 Å². The second kappa shape index (κ2) is 5.74. The van der Waals surface area contributed by atoms with Crippen LogP contribution in [0.25, 0.3) is 0 Å². The molecule has 0 aliphatic rings. The van der Waals surface area contributed by atoms with Gasteiger partial charge in [-0.05, 0) is 58.2 Å². The molecule has 0 N–H and O–H groups in total. The Morgan fingerprint density at radius 3 is 2.53 bits per heavy atom. The summed E-state index contributed by atoms with van der Waals surface area (Å²) in [6, 6.07) is 8.02. The van der Waals surface area contributed by atoms with E-state index in [1.807, 2.05) is 18.2 Å². The highest BCUT2D eigenvalue weighted by Gasteiger charge is 2.17. The van der Waals surface area contributed by atoms with Crippen molar-refractivity contribution in [3.63, 3.8) is 0 Å². The third-order valence-corrected chi connectivity index (χ3v) is 6.81. The number of hydrogen-bond acceptors (Lipinski definition) is 1. The van der Waals surface area contributed by atoms with Gasteiger partial charge in [0, 0.05) is 14.4 Å². The van der Waals surface area contributed by atoms with Crippen molar-refractivity contribution in [2.45, 2.75) is 11.8 Å². The molecule has 90 valence electrons. The second-order valence-corrected chi connectivity index (χ2v) is 8.24. The molecule has 1 aromatic carbocycles. The van der Waals surface area contributed by atoms with Crippen LogP contribution in [0.5, 0.6) is 0 Å². The zero-order chi connectivity index (χ0) is 12.6. The minimum atomic E-state index is 0.158. The van der Waals surface area contributed by atoms with Crippen molar-refractivity contribution in [1.82, 2.24) is 0 Å². The van der Waals surface area contributed by atoms with E-state index in [2.05, 4.69) is 60.8 Å². The molecule has 0 saturated heterocycles. The van der Waals surface area contributed by atoms with Crippen LogP contribution in [0.15, 0.2) is 32.5 Å². The lowest BCUT2D eigenvalue weighted by Gasteiger charge is -2.10. The largest absolute Gasteiger partial charge is 0.131 e. The Labute approximate surface area is 135 Å². The van der Waals surface area contributed by atoms with Crippen molar-refractivity contribution in [3.8, 4) is 0 Å². The maximum atomic E-state index is 6.04. The zero-order valence-electron chi connectivity index (χ0n) is 8.81. The van der Waals surface area contributed by atoms with Crippen LogP contribution in [0.3, 0.4) is 0 Å². The molecule has 2 aromatic rings. The van der Waals surface area contributed by atoms with Crippen LogP contribution in [0.2, 0.25) is 5.02 Å². The van der Waals surface area contributed by atoms with Crippen molar-refractivity contribution in [2.75, 3.05) is 0 Å². The molecule has 0 nitrogen and oxygen atoms in total. The molecule has 17 heavy (non-hydrogen) atoms. The minimum Gasteiger partial charge on any atom is -0.131 e. The highest BCUT2D eigenvalue weighted by atomic mass is 79.9. The standard InChI is InChI=1S/C12H8Br3ClS/c1-6-4-10(17-12(6)15)11(14)8-5-7(16)2-3-9(8)13/h2-5,11H,1H3. The molecular formula is C12H8Br3ClS. The van der Waals surface area contributed by atoms with Crippen LogP contribution in [0.4, 0.5) is 0 Å². The van der Waals surface area contributed by atoms with Gasteiger partial charge < -0.3 is 0 Å². The molecule has 1 aromatic heterocycles. The topological polar surface area (TPSA) is 0 Å². The van der Waals surface area contributed by atoms with Crippen LogP contribution in [0.1, 0.15) is 20.8 Å². The molecule has 2 rings (SSSR count). The van der Waals surface area contributed by atoms with Gasteiger partial charge in [0.05, 0.1) is 8.61 Å². The molecule has 5 heteroatoms. The van der Waals surface area contributed by atoms with E-state index in [0.717, 1.165) is 15.1 Å². The Bertz CT molecular complexity index is 531. The van der Waals surface area contributed by atoms with Gasteiger partial charge in [0.2, 0.25) is 0 Å². The predicted molar refractivity (Wildman–Crippen MR) is 86.7 cm³/mol. The van der Waals surface area contributed by atoms with Gasteiger partial charge in [0.15, 0.2) is 0 Å². The number of rotatable bonds is 2. The van der Waals surface area contributed by atoms with Crippen molar-refractivity contribution >= 4 is 70.7 Å². The molecule has 1 heterocycles. The summed E-state index contributed by atoms with van der Waals surface area (Å²) >= 11 is 18.6. The first-order valence-electron chi connectivity index (χ1n) is 4.84. The lowest BCUT2D eigenvalue weighted by Crippen LogP contribution is -1.91. The maximum absolute atomic E-state index is 6.04. The third-order valence-electron chi connectivity index (χ3n) is 2.36. The summed E-state index contributed by atoms with van der Waals surface area (Å²) in [7, 11) is 0. The molecule has 0 aliphatic carbocycles. The first-order valence-corrected chi connectivity index (χ1v) is 8.53. The Hall–Kier alpha value is 0.650. The van der Waals surface area contributed by atoms with E-state index in [1.165, 1.54) is 14.2 Å². The molecule has 0 radical (unpaired) electrons. The number of hydrogen-bond donors (Lipinski definition) is 0. The van der Waals surface area contributed by atoms with E-state index in [9.17, 15) is 0 Å². The minimum absolute atomic E-state index is 0.158. The van der Waals surface area contributed by atoms with Gasteiger partial charge in [-0.25, -0.2) is 0 Å². The van der Waals surface area contributed by atoms with Crippen LogP contribution in [-0.4, -0.2) is 0 Å². The summed E-state index contributed by atoms with van der Waals surface area (Å²) in [6.07, 6.45) is 0. The van der Waals surface area contributed by atoms with E-state index in [1.54, 1.807) is 11.3 Å². The van der Waals surface area contributed by atoms with Gasteiger partial charge in [-0.15, -0.1) is 11.3 Å². The van der Waals surface area contributed by atoms with Gasteiger partial charge in [-0.3, -0.25) is 0 Å². The molecular weight excluding hydrogens is 451 g/mol. The van der Waals surface area contributed by atoms with Crippen LogP contribution in [-0.2, 0) is 0 Å². The molecule has 0 fully saturated rings. The maximum Gasteiger partial charge on any atom is 0.0749 e. The first kappa shape index (κ1) is 14.1. The van der Waals surface area contributed by atoms with E-state index in [4.69, 9.17) is 11.6 Å². The Kier molecular flexibility index (Phi) is 4.75. The van der Waals surface area contributed by atoms with Crippen LogP contribution >= 0.6 is 70.7 Å². The molecule has 1 atom stereocenters. The van der Waals surface area contributed by atoms with E-state index in [-0.39, 0.29) is 4.83 Å². The molecule has 0 bridgehead atoms. The van der Waals surface area contributed by atoms with Crippen molar-refractivity contribution in [3.05, 3.63) is 53.6 Å². The Balaban J connectivity index is 2.42. The molecule has 0 aliphatic heterocycles. The molecule has 1 unspecified atom stereocenters. The first-order chi connectivity index (χ1) is 7.99. The monoisotopic (exact) mass is 456 g/mol. The molecule has 0 spiro atoms. The summed E-state index contributed by atoms with van der Waals surface area (Å²) in [4.78, 5) is 1.42. The van der Waals surface area contributed by atoms with Crippen LogP contribution < -0.4 is 0 Å². The van der Waals surface area contributed by atoms with Gasteiger partial charge in [0.1, 0.15) is 0 Å². The number of aryl methyl sites for hydroxylation is 1. The van der Waals surface area contributed by atoms with E-state index >= 15 is 0 Å². The normalized spacial score (nSPS) is 12.8. The quantitative estimate of drug-likeness (QED) is 0.438. The molecule has 0 saturated carbocycles. The summed E-state index contributed by atoms with van der Waals surface area (Å²) in [5.74, 6) is 0. The highest BCUT2D eigenvalue weighted by molar-refractivity contribution is 9.11. The van der Waals surface area contributed by atoms with Gasteiger partial charge in [-0.2, -0.15) is 0 Å². The number of alkyl halides is 1. The number of benzene rings is 1. The zero-order valence-corrected chi connectivity index (χ0v) is 15.1. The summed E-state index contributed by atoms with van der Waals surface area (Å²) in [5, 5.41) is 0.750. The van der Waals surface area contributed by atoms with E-state index < -0.39 is 0 Å². The fourth-order valence-corrected chi connectivity index (χ4v) is 4.79. The number of thiophene rings is 1. The number of halogens is 4. The lowest BCUT2D eigenvalue weighted by atomic mass is 10.1. The summed E-state index contributed by atoms with van der Waals surface area (Å²) in [6.45, 7) is 2.09. The average molecular weight is 459 g/mol. The predicted octanol–water partition coefficient (Wildman–Crippen LogP) is 6.72. The second-order valence-electron chi connectivity index (χ2n) is 3.63. The Morgan fingerprint density at radius 2 is 1.94 bits per heavy atom. The SMILES string of the molecule is Cc1cc(C(Br)c2cc(Cl)ccc2Br)sc1Br. The third kappa shape index (κ3) is 3.16. The van der Waals surface area contributed by atoms with Gasteiger partial charge >= 0.3 is 0 Å². The fraction of sp³-hybridized carbons (Fsp3) is 0.167. The van der Waals surface area contributed by atoms with Gasteiger partial charge in [-0.1, -0.05) is 43.5 Å². The van der Waals surface area contributed by atoms with Gasteiger partial charge in [0.25, 0.3) is 0 Å². The summed E-state index contributed by atoms with van der Waals surface area (Å²) < 4.78 is 2.24. The van der Waals surface area contributed by atoms with Crippen molar-refractivity contribution in [2.24, 2.45) is 0 Å².